The zero-order chi connectivity index (χ0) is 13.8. The van der Waals surface area contributed by atoms with Crippen molar-refractivity contribution in [2.45, 2.75) is 6.54 Å². The highest BCUT2D eigenvalue weighted by Gasteiger charge is 2.20. The van der Waals surface area contributed by atoms with Crippen LogP contribution < -0.4 is 5.32 Å². The van der Waals surface area contributed by atoms with E-state index in [2.05, 4.69) is 10.3 Å². The van der Waals surface area contributed by atoms with Crippen molar-refractivity contribution in [3.8, 4) is 0 Å². The minimum atomic E-state index is -1.00. The van der Waals surface area contributed by atoms with Crippen LogP contribution >= 0.6 is 0 Å². The number of nitro benzene ring substituents is 1. The average molecular weight is 265 g/mol. The molecule has 0 bridgehead atoms. The van der Waals surface area contributed by atoms with E-state index in [-0.39, 0.29) is 12.2 Å². The second-order valence-electron chi connectivity index (χ2n) is 3.75. The van der Waals surface area contributed by atoms with Crippen LogP contribution in [0.1, 0.15) is 5.56 Å². The first-order valence-corrected chi connectivity index (χ1v) is 5.34. The molecule has 0 aliphatic heterocycles. The number of hydrogen-bond donors (Lipinski definition) is 1. The van der Waals surface area contributed by atoms with Crippen molar-refractivity contribution in [1.29, 1.82) is 0 Å². The Hall–Kier alpha value is -2.57. The lowest BCUT2D eigenvalue weighted by molar-refractivity contribution is -0.384. The summed E-state index contributed by atoms with van der Waals surface area (Å²) in [6, 6.07) is 4.69. The van der Waals surface area contributed by atoms with Crippen molar-refractivity contribution in [2.24, 2.45) is 0 Å². The van der Waals surface area contributed by atoms with Gasteiger partial charge in [-0.05, 0) is 11.6 Å². The van der Waals surface area contributed by atoms with Gasteiger partial charge in [0.05, 0.1) is 11.0 Å². The smallest absolute Gasteiger partial charge is 0.298 e. The quantitative estimate of drug-likeness (QED) is 0.681. The predicted octanol–water partition coefficient (Wildman–Crippen LogP) is 2.88. The lowest BCUT2D eigenvalue weighted by Gasteiger charge is -2.08. The van der Waals surface area contributed by atoms with Crippen molar-refractivity contribution >= 4 is 11.4 Å². The van der Waals surface area contributed by atoms with Gasteiger partial charge in [0.15, 0.2) is 5.82 Å². The maximum Gasteiger partial charge on any atom is 0.298 e. The summed E-state index contributed by atoms with van der Waals surface area (Å²) in [5.41, 5.74) is -0.253. The largest absolute Gasteiger partial charge is 0.373 e. The molecule has 0 saturated heterocycles. The van der Waals surface area contributed by atoms with E-state index in [0.29, 0.717) is 12.1 Å². The maximum absolute atomic E-state index is 13.6. The predicted molar refractivity (Wildman–Crippen MR) is 64.6 cm³/mol. The molecule has 0 aliphatic carbocycles. The van der Waals surface area contributed by atoms with Gasteiger partial charge in [0.1, 0.15) is 11.5 Å². The third kappa shape index (κ3) is 3.01. The minimum Gasteiger partial charge on any atom is -0.373 e. The van der Waals surface area contributed by atoms with Crippen LogP contribution in [-0.2, 0) is 6.54 Å². The highest BCUT2D eigenvalue weighted by atomic mass is 19.1. The van der Waals surface area contributed by atoms with E-state index < -0.39 is 22.2 Å². The molecule has 0 unspecified atom stereocenters. The van der Waals surface area contributed by atoms with Crippen molar-refractivity contribution < 1.29 is 13.7 Å². The summed E-state index contributed by atoms with van der Waals surface area (Å²) in [6.45, 7) is 0.150. The Morgan fingerprint density at radius 1 is 1.37 bits per heavy atom. The third-order valence-electron chi connectivity index (χ3n) is 2.42. The maximum atomic E-state index is 13.6. The molecule has 2 aromatic rings. The van der Waals surface area contributed by atoms with Gasteiger partial charge in [0.25, 0.3) is 5.69 Å². The normalized spacial score (nSPS) is 10.2. The first kappa shape index (κ1) is 12.9. The van der Waals surface area contributed by atoms with Gasteiger partial charge < -0.3 is 5.32 Å². The number of halogens is 2. The van der Waals surface area contributed by atoms with E-state index in [9.17, 15) is 18.9 Å². The molecule has 19 heavy (non-hydrogen) atoms. The van der Waals surface area contributed by atoms with Gasteiger partial charge in [-0.1, -0.05) is 6.07 Å². The molecule has 1 heterocycles. The van der Waals surface area contributed by atoms with Crippen LogP contribution in [0, 0.1) is 21.7 Å². The molecular weight excluding hydrogens is 256 g/mol. The lowest BCUT2D eigenvalue weighted by Crippen LogP contribution is -2.05. The molecule has 0 atom stereocenters. The first-order valence-electron chi connectivity index (χ1n) is 5.34. The molecule has 0 amide bonds. The summed E-state index contributed by atoms with van der Waals surface area (Å²) in [5.74, 6) is -1.99. The van der Waals surface area contributed by atoms with Crippen LogP contribution in [0.2, 0.25) is 0 Å². The molecular formula is C12H9F2N3O2. The summed E-state index contributed by atoms with van der Waals surface area (Å²) in [5, 5.41) is 13.3. The standard InChI is InChI=1S/C12H9F2N3O2/c13-9-4-10(14)12(11(5-9)17(18)19)16-7-8-2-1-3-15-6-8/h1-6,16H,7H2. The number of rotatable bonds is 4. The van der Waals surface area contributed by atoms with E-state index in [0.717, 1.165) is 5.56 Å². The number of anilines is 1. The fourth-order valence-corrected chi connectivity index (χ4v) is 1.57. The van der Waals surface area contributed by atoms with Crippen LogP contribution in [0.5, 0.6) is 0 Å². The van der Waals surface area contributed by atoms with E-state index in [4.69, 9.17) is 0 Å². The number of nitro groups is 1. The van der Waals surface area contributed by atoms with Gasteiger partial charge in [-0.3, -0.25) is 15.1 Å². The zero-order valence-corrected chi connectivity index (χ0v) is 9.64. The van der Waals surface area contributed by atoms with Gasteiger partial charge in [-0.15, -0.1) is 0 Å². The molecule has 7 heteroatoms. The molecule has 1 aromatic carbocycles. The monoisotopic (exact) mass is 265 g/mol. The Morgan fingerprint density at radius 2 is 2.16 bits per heavy atom. The Balaban J connectivity index is 2.27. The second kappa shape index (κ2) is 5.38. The Labute approximate surface area is 107 Å². The summed E-state index contributed by atoms with van der Waals surface area (Å²) in [7, 11) is 0. The van der Waals surface area contributed by atoms with E-state index >= 15 is 0 Å². The van der Waals surface area contributed by atoms with E-state index in [1.807, 2.05) is 0 Å². The molecule has 1 N–H and O–H groups in total. The number of pyridine rings is 1. The molecule has 0 fully saturated rings. The van der Waals surface area contributed by atoms with Crippen LogP contribution in [0.25, 0.3) is 0 Å². The van der Waals surface area contributed by atoms with Crippen LogP contribution in [-0.4, -0.2) is 9.91 Å². The van der Waals surface area contributed by atoms with Crippen LogP contribution in [0.15, 0.2) is 36.7 Å². The fraction of sp³-hybridized carbons (Fsp3) is 0.0833. The molecule has 0 saturated carbocycles. The topological polar surface area (TPSA) is 68.1 Å². The SMILES string of the molecule is O=[N+]([O-])c1cc(F)cc(F)c1NCc1cccnc1. The number of nitrogens with zero attached hydrogens (tertiary/aromatic N) is 2. The average Bonchev–Trinajstić information content (AvgIpc) is 2.38. The molecule has 1 aromatic heterocycles. The number of aromatic nitrogens is 1. The summed E-state index contributed by atoms with van der Waals surface area (Å²) >= 11 is 0. The first-order chi connectivity index (χ1) is 9.08. The number of hydrogen-bond acceptors (Lipinski definition) is 4. The molecule has 2 rings (SSSR count). The van der Waals surface area contributed by atoms with Crippen molar-refractivity contribution in [3.05, 3.63) is 64.0 Å². The van der Waals surface area contributed by atoms with Crippen molar-refractivity contribution in [2.75, 3.05) is 5.32 Å². The molecule has 5 nitrogen and oxygen atoms in total. The molecule has 0 radical (unpaired) electrons. The zero-order valence-electron chi connectivity index (χ0n) is 9.64. The highest BCUT2D eigenvalue weighted by molar-refractivity contribution is 5.62. The van der Waals surface area contributed by atoms with Crippen molar-refractivity contribution in [3.63, 3.8) is 0 Å². The van der Waals surface area contributed by atoms with E-state index in [1.165, 1.54) is 0 Å². The summed E-state index contributed by atoms with van der Waals surface area (Å²) < 4.78 is 26.5. The van der Waals surface area contributed by atoms with Crippen molar-refractivity contribution in [1.82, 2.24) is 4.98 Å². The van der Waals surface area contributed by atoms with Gasteiger partial charge >= 0.3 is 0 Å². The summed E-state index contributed by atoms with van der Waals surface area (Å²) in [6.07, 6.45) is 3.12. The Bertz CT molecular complexity index is 605. The number of benzene rings is 1. The Morgan fingerprint density at radius 3 is 2.79 bits per heavy atom. The lowest BCUT2D eigenvalue weighted by atomic mass is 10.2. The van der Waals surface area contributed by atoms with Crippen LogP contribution in [0.4, 0.5) is 20.2 Å². The number of nitrogens with one attached hydrogen (secondary N) is 1. The van der Waals surface area contributed by atoms with E-state index in [1.54, 1.807) is 24.5 Å². The third-order valence-corrected chi connectivity index (χ3v) is 2.42. The molecule has 98 valence electrons. The minimum absolute atomic E-state index is 0.150. The molecule has 0 spiro atoms. The fourth-order valence-electron chi connectivity index (χ4n) is 1.57. The van der Waals surface area contributed by atoms with Gasteiger partial charge in [-0.2, -0.15) is 0 Å². The second-order valence-corrected chi connectivity index (χ2v) is 3.75. The molecule has 0 aliphatic rings. The van der Waals surface area contributed by atoms with Gasteiger partial charge in [0, 0.05) is 25.0 Å². The van der Waals surface area contributed by atoms with Gasteiger partial charge in [0.2, 0.25) is 0 Å². The summed E-state index contributed by atoms with van der Waals surface area (Å²) in [4.78, 5) is 13.8. The highest BCUT2D eigenvalue weighted by Crippen LogP contribution is 2.28. The van der Waals surface area contributed by atoms with Crippen LogP contribution in [0.3, 0.4) is 0 Å². The Kier molecular flexibility index (Phi) is 3.65. The van der Waals surface area contributed by atoms with Gasteiger partial charge in [-0.25, -0.2) is 8.78 Å².